The molecule has 0 amide bonds. The first-order chi connectivity index (χ1) is 16.2. The second-order valence-electron chi connectivity index (χ2n) is 7.74. The zero-order chi connectivity index (χ0) is 23.2. The van der Waals surface area contributed by atoms with Crippen LogP contribution in [-0.4, -0.2) is 54.6 Å². The summed E-state index contributed by atoms with van der Waals surface area (Å²) in [4.78, 5) is 0. The predicted octanol–water partition coefficient (Wildman–Crippen LogP) is 4.12. The van der Waals surface area contributed by atoms with Crippen molar-refractivity contribution in [2.45, 2.75) is 19.9 Å². The van der Waals surface area contributed by atoms with Crippen LogP contribution in [0.25, 0.3) is 22.2 Å². The summed E-state index contributed by atoms with van der Waals surface area (Å²) in [6, 6.07) is 16.3. The van der Waals surface area contributed by atoms with Gasteiger partial charge in [-0.2, -0.15) is 5.26 Å². The predicted molar refractivity (Wildman–Crippen MR) is 131 cm³/mol. The number of nitriles is 1. The molecule has 1 atom stereocenters. The summed E-state index contributed by atoms with van der Waals surface area (Å²) in [6.07, 6.45) is 0.945. The molecule has 0 aliphatic carbocycles. The molecular weight excluding hydrogens is 438 g/mol. The van der Waals surface area contributed by atoms with Gasteiger partial charge < -0.3 is 18.8 Å². The number of benzene rings is 2. The molecule has 1 unspecified atom stereocenters. The van der Waals surface area contributed by atoms with Gasteiger partial charge >= 0.3 is 0 Å². The fourth-order valence-corrected chi connectivity index (χ4v) is 5.49. The first kappa shape index (κ1) is 23.3. The number of hydrogen-bond donors (Lipinski definition) is 0. The molecule has 1 fully saturated rings. The van der Waals surface area contributed by atoms with E-state index in [4.69, 9.17) is 14.2 Å². The van der Waals surface area contributed by atoms with Gasteiger partial charge in [-0.15, -0.1) is 0 Å². The Hall–Kier alpha value is -2.86. The lowest BCUT2D eigenvalue weighted by Gasteiger charge is -2.16. The fraction of sp³-hybridized carbons (Fsp3) is 0.400. The van der Waals surface area contributed by atoms with E-state index in [0.717, 1.165) is 53.1 Å². The molecule has 0 spiro atoms. The first-order valence-electron chi connectivity index (χ1n) is 11.2. The number of anilines is 1. The van der Waals surface area contributed by atoms with Gasteiger partial charge in [-0.25, -0.2) is 4.21 Å². The molecule has 8 heteroatoms. The van der Waals surface area contributed by atoms with Crippen molar-refractivity contribution in [2.24, 2.45) is 0 Å². The van der Waals surface area contributed by atoms with Crippen molar-refractivity contribution in [3.05, 3.63) is 48.0 Å². The smallest absolute Gasteiger partial charge is 0.121 e. The maximum absolute atomic E-state index is 12.2. The Labute approximate surface area is 197 Å². The zero-order valence-corrected chi connectivity index (χ0v) is 19.9. The largest absolute Gasteiger partial charge is 0.491 e. The Morgan fingerprint density at radius 1 is 1.09 bits per heavy atom. The van der Waals surface area contributed by atoms with E-state index in [1.807, 2.05) is 46.8 Å². The minimum Gasteiger partial charge on any atom is -0.491 e. The highest BCUT2D eigenvalue weighted by atomic mass is 32.2. The normalized spacial score (nSPS) is 15.8. The van der Waals surface area contributed by atoms with Crippen LogP contribution >= 0.6 is 0 Å². The summed E-state index contributed by atoms with van der Waals surface area (Å²) in [6.45, 7) is 5.63. The molecule has 1 aliphatic heterocycles. The van der Waals surface area contributed by atoms with E-state index in [1.54, 1.807) is 7.11 Å². The molecular formula is C25H29N3O4S. The monoisotopic (exact) mass is 467 g/mol. The zero-order valence-electron chi connectivity index (χ0n) is 19.1. The van der Waals surface area contributed by atoms with E-state index < -0.39 is 11.0 Å². The van der Waals surface area contributed by atoms with Crippen LogP contribution < -0.4 is 9.04 Å². The molecule has 1 aromatic heterocycles. The van der Waals surface area contributed by atoms with Crippen molar-refractivity contribution in [2.75, 3.05) is 50.1 Å². The van der Waals surface area contributed by atoms with E-state index in [-0.39, 0.29) is 0 Å². The molecule has 0 radical (unpaired) electrons. The number of ether oxygens (including phenoxy) is 3. The lowest BCUT2D eigenvalue weighted by atomic mass is 10.1. The summed E-state index contributed by atoms with van der Waals surface area (Å²) in [5.41, 5.74) is 4.43. The van der Waals surface area contributed by atoms with E-state index in [9.17, 15) is 9.47 Å². The van der Waals surface area contributed by atoms with Gasteiger partial charge in [0.2, 0.25) is 0 Å². The highest BCUT2D eigenvalue weighted by molar-refractivity contribution is 7.86. The van der Waals surface area contributed by atoms with Gasteiger partial charge in [-0.1, -0.05) is 12.1 Å². The maximum Gasteiger partial charge on any atom is 0.121 e. The highest BCUT2D eigenvalue weighted by Crippen LogP contribution is 2.36. The molecule has 0 saturated carbocycles. The highest BCUT2D eigenvalue weighted by Gasteiger charge is 2.22. The molecule has 2 heterocycles. The van der Waals surface area contributed by atoms with Crippen molar-refractivity contribution in [1.82, 2.24) is 4.57 Å². The third-order valence-corrected chi connectivity index (χ3v) is 7.27. The van der Waals surface area contributed by atoms with Gasteiger partial charge in [0.05, 0.1) is 36.6 Å². The standard InChI is InChI=1S/C25H29N3O4S/c1-3-27-24-17-21(32-15-14-31-13-12-30-2)9-10-22(24)23(18-26)25(27)19-5-7-20(8-6-19)28-11-4-16-33(28)29/h5-10,17H,3-4,11-16H2,1-2H3. The van der Waals surface area contributed by atoms with E-state index in [0.29, 0.717) is 37.7 Å². The number of aromatic nitrogens is 1. The Balaban J connectivity index is 1.61. The van der Waals surface area contributed by atoms with Gasteiger partial charge in [0.1, 0.15) is 29.4 Å². The van der Waals surface area contributed by atoms with Crippen molar-refractivity contribution in [1.29, 1.82) is 5.26 Å². The van der Waals surface area contributed by atoms with Gasteiger partial charge in [-0.3, -0.25) is 4.31 Å². The summed E-state index contributed by atoms with van der Waals surface area (Å²) < 4.78 is 32.6. The van der Waals surface area contributed by atoms with Gasteiger partial charge in [-0.05, 0) is 43.2 Å². The Morgan fingerprint density at radius 3 is 2.55 bits per heavy atom. The minimum atomic E-state index is -0.949. The van der Waals surface area contributed by atoms with Crippen LogP contribution in [0.3, 0.4) is 0 Å². The Morgan fingerprint density at radius 2 is 1.88 bits per heavy atom. The lowest BCUT2D eigenvalue weighted by Crippen LogP contribution is -2.19. The van der Waals surface area contributed by atoms with Gasteiger partial charge in [0.25, 0.3) is 0 Å². The van der Waals surface area contributed by atoms with Gasteiger partial charge in [0, 0.05) is 43.1 Å². The summed E-state index contributed by atoms with van der Waals surface area (Å²) in [5, 5.41) is 10.9. The minimum absolute atomic E-state index is 0.444. The number of rotatable bonds is 10. The Bertz CT molecular complexity index is 1170. The number of fused-ring (bicyclic) bond motifs is 1. The van der Waals surface area contributed by atoms with Crippen molar-refractivity contribution in [3.63, 3.8) is 0 Å². The molecule has 3 aromatic rings. The number of nitrogens with zero attached hydrogens (tertiary/aromatic N) is 3. The summed E-state index contributed by atoms with van der Waals surface area (Å²) in [5.74, 6) is 1.46. The third kappa shape index (κ3) is 4.91. The summed E-state index contributed by atoms with van der Waals surface area (Å²) in [7, 11) is 0.696. The number of methoxy groups -OCH3 is 1. The van der Waals surface area contributed by atoms with Crippen LogP contribution in [0.1, 0.15) is 18.9 Å². The first-order valence-corrected chi connectivity index (χ1v) is 12.5. The average Bonchev–Trinajstić information content (AvgIpc) is 3.41. The number of hydrogen-bond acceptors (Lipinski definition) is 5. The Kier molecular flexibility index (Phi) is 7.65. The van der Waals surface area contributed by atoms with E-state index in [1.165, 1.54) is 0 Å². The molecule has 1 aliphatic rings. The molecule has 174 valence electrons. The number of aryl methyl sites for hydroxylation is 1. The van der Waals surface area contributed by atoms with Gasteiger partial charge in [0.15, 0.2) is 0 Å². The quantitative estimate of drug-likeness (QED) is 0.419. The molecule has 0 bridgehead atoms. The SMILES string of the molecule is CCn1c(-c2ccc(N3CCCS3=O)cc2)c(C#N)c2ccc(OCCOCCOC)cc21. The van der Waals surface area contributed by atoms with E-state index >= 15 is 0 Å². The second-order valence-corrected chi connectivity index (χ2v) is 9.23. The lowest BCUT2D eigenvalue weighted by molar-refractivity contribution is 0.0544. The van der Waals surface area contributed by atoms with Crippen molar-refractivity contribution in [3.8, 4) is 23.1 Å². The molecule has 0 N–H and O–H groups in total. The average molecular weight is 468 g/mol. The third-order valence-electron chi connectivity index (χ3n) is 5.75. The summed E-state index contributed by atoms with van der Waals surface area (Å²) >= 11 is 0. The van der Waals surface area contributed by atoms with Crippen molar-refractivity contribution < 1.29 is 18.4 Å². The van der Waals surface area contributed by atoms with E-state index in [2.05, 4.69) is 17.6 Å². The maximum atomic E-state index is 12.2. The van der Waals surface area contributed by atoms with Crippen LogP contribution in [0.2, 0.25) is 0 Å². The van der Waals surface area contributed by atoms with Crippen LogP contribution in [-0.2, 0) is 27.0 Å². The molecule has 7 nitrogen and oxygen atoms in total. The van der Waals surface area contributed by atoms with Crippen LogP contribution in [0.5, 0.6) is 5.75 Å². The molecule has 2 aromatic carbocycles. The second kappa shape index (κ2) is 10.8. The van der Waals surface area contributed by atoms with Crippen LogP contribution in [0.4, 0.5) is 5.69 Å². The fourth-order valence-electron chi connectivity index (χ4n) is 4.20. The van der Waals surface area contributed by atoms with Crippen LogP contribution in [0.15, 0.2) is 42.5 Å². The topological polar surface area (TPSA) is 76.7 Å². The van der Waals surface area contributed by atoms with Crippen LogP contribution in [0, 0.1) is 11.3 Å². The molecule has 4 rings (SSSR count). The van der Waals surface area contributed by atoms with Crippen molar-refractivity contribution >= 4 is 27.6 Å². The molecule has 33 heavy (non-hydrogen) atoms. The molecule has 1 saturated heterocycles.